The summed E-state index contributed by atoms with van der Waals surface area (Å²) in [7, 11) is 2.00. The first-order chi connectivity index (χ1) is 6.40. The van der Waals surface area contributed by atoms with E-state index in [0.29, 0.717) is 6.04 Å². The highest BCUT2D eigenvalue weighted by molar-refractivity contribution is 6.99. The van der Waals surface area contributed by atoms with Gasteiger partial charge in [0.25, 0.3) is 0 Å². The van der Waals surface area contributed by atoms with E-state index in [1.807, 2.05) is 13.2 Å². The summed E-state index contributed by atoms with van der Waals surface area (Å²) in [6, 6.07) is 0.420. The van der Waals surface area contributed by atoms with Crippen molar-refractivity contribution >= 4 is 11.7 Å². The lowest BCUT2D eigenvalue weighted by atomic mass is 9.80. The van der Waals surface area contributed by atoms with E-state index in [2.05, 4.69) is 14.1 Å². The van der Waals surface area contributed by atoms with Crippen LogP contribution in [-0.4, -0.2) is 15.8 Å². The summed E-state index contributed by atoms with van der Waals surface area (Å²) in [4.78, 5) is 0. The predicted molar refractivity (Wildman–Crippen MR) is 53.7 cm³/mol. The van der Waals surface area contributed by atoms with Gasteiger partial charge in [0.15, 0.2) is 0 Å². The van der Waals surface area contributed by atoms with E-state index >= 15 is 0 Å². The first kappa shape index (κ1) is 9.09. The molecule has 1 N–H and O–H groups in total. The van der Waals surface area contributed by atoms with Crippen LogP contribution in [0.3, 0.4) is 0 Å². The molecule has 1 aliphatic carbocycles. The molecule has 2 rings (SSSR count). The molecule has 0 aromatic carbocycles. The van der Waals surface area contributed by atoms with Crippen molar-refractivity contribution in [3.8, 4) is 0 Å². The standard InChI is InChI=1S/C9H15N3S/c1-10-8(5-7-3-2-4-7)9-6-11-13-12-9/h6-8,10H,2-5H2,1H3. The van der Waals surface area contributed by atoms with Crippen LogP contribution in [-0.2, 0) is 0 Å². The second kappa shape index (κ2) is 4.15. The Morgan fingerprint density at radius 2 is 2.54 bits per heavy atom. The van der Waals surface area contributed by atoms with Crippen molar-refractivity contribution in [2.45, 2.75) is 31.7 Å². The topological polar surface area (TPSA) is 37.8 Å². The van der Waals surface area contributed by atoms with Gasteiger partial charge >= 0.3 is 0 Å². The lowest BCUT2D eigenvalue weighted by Gasteiger charge is -2.28. The Hall–Kier alpha value is -0.480. The van der Waals surface area contributed by atoms with Crippen LogP contribution < -0.4 is 5.32 Å². The van der Waals surface area contributed by atoms with Crippen molar-refractivity contribution in [1.29, 1.82) is 0 Å². The Morgan fingerprint density at radius 3 is 3.00 bits per heavy atom. The molecule has 1 saturated carbocycles. The number of aromatic nitrogens is 2. The van der Waals surface area contributed by atoms with Gasteiger partial charge < -0.3 is 5.32 Å². The van der Waals surface area contributed by atoms with Gasteiger partial charge in [-0.3, -0.25) is 0 Å². The Balaban J connectivity index is 1.92. The van der Waals surface area contributed by atoms with Crippen molar-refractivity contribution < 1.29 is 0 Å². The smallest absolute Gasteiger partial charge is 0.0912 e. The lowest BCUT2D eigenvalue weighted by molar-refractivity contribution is 0.264. The first-order valence-corrected chi connectivity index (χ1v) is 5.58. The van der Waals surface area contributed by atoms with Crippen LogP contribution >= 0.6 is 11.7 Å². The molecule has 1 fully saturated rings. The van der Waals surface area contributed by atoms with E-state index in [1.54, 1.807) is 0 Å². The molecule has 1 aliphatic rings. The van der Waals surface area contributed by atoms with E-state index in [-0.39, 0.29) is 0 Å². The second-order valence-electron chi connectivity index (χ2n) is 3.71. The van der Waals surface area contributed by atoms with E-state index in [9.17, 15) is 0 Å². The van der Waals surface area contributed by atoms with Crippen LogP contribution in [0.15, 0.2) is 6.20 Å². The van der Waals surface area contributed by atoms with Crippen molar-refractivity contribution in [2.75, 3.05) is 7.05 Å². The fraction of sp³-hybridized carbons (Fsp3) is 0.778. The quantitative estimate of drug-likeness (QED) is 0.802. The molecular weight excluding hydrogens is 182 g/mol. The lowest BCUT2D eigenvalue weighted by Crippen LogP contribution is -2.23. The molecule has 1 aromatic heterocycles. The minimum atomic E-state index is 0.420. The molecule has 0 bridgehead atoms. The molecular formula is C9H15N3S. The average Bonchev–Trinajstić information content (AvgIpc) is 2.55. The van der Waals surface area contributed by atoms with E-state index in [4.69, 9.17) is 0 Å². The predicted octanol–water partition coefficient (Wildman–Crippen LogP) is 1.99. The molecule has 13 heavy (non-hydrogen) atoms. The summed E-state index contributed by atoms with van der Waals surface area (Å²) in [6.07, 6.45) is 7.31. The SMILES string of the molecule is CNC(CC1CCC1)c1cnsn1. The van der Waals surface area contributed by atoms with Gasteiger partial charge in [0.05, 0.1) is 29.7 Å². The van der Waals surface area contributed by atoms with Crippen LogP contribution in [0.2, 0.25) is 0 Å². The maximum Gasteiger partial charge on any atom is 0.0912 e. The van der Waals surface area contributed by atoms with Gasteiger partial charge in [-0.15, -0.1) is 0 Å². The summed E-state index contributed by atoms with van der Waals surface area (Å²) in [5, 5.41) is 3.31. The molecule has 1 unspecified atom stereocenters. The van der Waals surface area contributed by atoms with Gasteiger partial charge in [-0.2, -0.15) is 8.75 Å². The Kier molecular flexibility index (Phi) is 2.90. The van der Waals surface area contributed by atoms with Gasteiger partial charge in [-0.1, -0.05) is 19.3 Å². The number of rotatable bonds is 4. The monoisotopic (exact) mass is 197 g/mol. The molecule has 1 heterocycles. The average molecular weight is 197 g/mol. The summed E-state index contributed by atoms with van der Waals surface area (Å²) in [5.74, 6) is 0.916. The largest absolute Gasteiger partial charge is 0.312 e. The van der Waals surface area contributed by atoms with E-state index in [0.717, 1.165) is 11.6 Å². The Morgan fingerprint density at radius 1 is 1.69 bits per heavy atom. The van der Waals surface area contributed by atoms with Crippen molar-refractivity contribution in [3.63, 3.8) is 0 Å². The van der Waals surface area contributed by atoms with E-state index < -0.39 is 0 Å². The fourth-order valence-corrected chi connectivity index (χ4v) is 2.24. The van der Waals surface area contributed by atoms with Gasteiger partial charge in [0, 0.05) is 0 Å². The van der Waals surface area contributed by atoms with Gasteiger partial charge in [-0.05, 0) is 19.4 Å². The number of nitrogens with zero attached hydrogens (tertiary/aromatic N) is 2. The van der Waals surface area contributed by atoms with Crippen LogP contribution in [0.25, 0.3) is 0 Å². The van der Waals surface area contributed by atoms with Crippen molar-refractivity contribution in [2.24, 2.45) is 5.92 Å². The number of hydrogen-bond donors (Lipinski definition) is 1. The summed E-state index contributed by atoms with van der Waals surface area (Å²) < 4.78 is 8.30. The third-order valence-corrected chi connectivity index (χ3v) is 3.37. The van der Waals surface area contributed by atoms with Gasteiger partial charge in [0.2, 0.25) is 0 Å². The maximum absolute atomic E-state index is 4.27. The molecule has 3 nitrogen and oxygen atoms in total. The summed E-state index contributed by atoms with van der Waals surface area (Å²) in [6.45, 7) is 0. The van der Waals surface area contributed by atoms with Crippen LogP contribution in [0.1, 0.15) is 37.4 Å². The van der Waals surface area contributed by atoms with E-state index in [1.165, 1.54) is 37.4 Å². The van der Waals surface area contributed by atoms with Crippen LogP contribution in [0.4, 0.5) is 0 Å². The molecule has 0 amide bonds. The van der Waals surface area contributed by atoms with Crippen LogP contribution in [0, 0.1) is 5.92 Å². The molecule has 1 atom stereocenters. The minimum Gasteiger partial charge on any atom is -0.312 e. The zero-order valence-corrected chi connectivity index (χ0v) is 8.68. The Labute approximate surface area is 82.9 Å². The second-order valence-corrected chi connectivity index (χ2v) is 4.26. The molecule has 1 aromatic rings. The Bertz CT molecular complexity index is 243. The van der Waals surface area contributed by atoms with Gasteiger partial charge in [0.1, 0.15) is 0 Å². The first-order valence-electron chi connectivity index (χ1n) is 4.85. The molecule has 0 spiro atoms. The zero-order valence-electron chi connectivity index (χ0n) is 7.86. The number of nitrogens with one attached hydrogen (secondary N) is 1. The third-order valence-electron chi connectivity index (χ3n) is 2.88. The van der Waals surface area contributed by atoms with Crippen molar-refractivity contribution in [3.05, 3.63) is 11.9 Å². The third kappa shape index (κ3) is 2.06. The molecule has 0 aliphatic heterocycles. The highest BCUT2D eigenvalue weighted by Gasteiger charge is 2.23. The highest BCUT2D eigenvalue weighted by atomic mass is 32.1. The van der Waals surface area contributed by atoms with Crippen molar-refractivity contribution in [1.82, 2.24) is 14.1 Å². The molecule has 72 valence electrons. The molecule has 4 heteroatoms. The zero-order chi connectivity index (χ0) is 9.10. The molecule has 0 saturated heterocycles. The minimum absolute atomic E-state index is 0.420. The van der Waals surface area contributed by atoms with Gasteiger partial charge in [-0.25, -0.2) is 0 Å². The molecule has 0 radical (unpaired) electrons. The summed E-state index contributed by atoms with van der Waals surface area (Å²) in [5.41, 5.74) is 1.11. The fourth-order valence-electron chi connectivity index (χ4n) is 1.77. The normalized spacial score (nSPS) is 19.8. The number of hydrogen-bond acceptors (Lipinski definition) is 4. The highest BCUT2D eigenvalue weighted by Crippen LogP contribution is 2.34. The maximum atomic E-state index is 4.27. The summed E-state index contributed by atoms with van der Waals surface area (Å²) >= 11 is 1.30. The van der Waals surface area contributed by atoms with Crippen LogP contribution in [0.5, 0.6) is 0 Å².